The van der Waals surface area contributed by atoms with Crippen LogP contribution >= 0.6 is 0 Å². The molecule has 1 saturated carbocycles. The minimum Gasteiger partial charge on any atom is -0.395 e. The Bertz CT molecular complexity index is 910. The number of amides is 1. The summed E-state index contributed by atoms with van der Waals surface area (Å²) >= 11 is 0. The largest absolute Gasteiger partial charge is 0.395 e. The number of fused-ring (bicyclic) bond motifs is 1. The molecule has 0 radical (unpaired) electrons. The van der Waals surface area contributed by atoms with Crippen LogP contribution in [-0.2, 0) is 10.3 Å². The topological polar surface area (TPSA) is 87.4 Å². The molecule has 1 aromatic heterocycles. The molecule has 0 spiro atoms. The highest BCUT2D eigenvalue weighted by atomic mass is 16.5. The molecule has 30 heavy (non-hydrogen) atoms. The molecule has 1 aromatic carbocycles. The first-order valence-corrected chi connectivity index (χ1v) is 11.2. The second-order valence-corrected chi connectivity index (χ2v) is 9.23. The first-order valence-electron chi connectivity index (χ1n) is 11.2. The van der Waals surface area contributed by atoms with Gasteiger partial charge < -0.3 is 14.9 Å². The van der Waals surface area contributed by atoms with Crippen LogP contribution in [0.1, 0.15) is 63.0 Å². The van der Waals surface area contributed by atoms with Crippen LogP contribution in [0.2, 0.25) is 0 Å². The van der Waals surface area contributed by atoms with Crippen molar-refractivity contribution in [1.29, 1.82) is 0 Å². The zero-order chi connectivity index (χ0) is 21.5. The van der Waals surface area contributed by atoms with Gasteiger partial charge in [0.25, 0.3) is 0 Å². The molecule has 1 aliphatic carbocycles. The number of carbonyl (C=O) groups is 1. The summed E-state index contributed by atoms with van der Waals surface area (Å²) in [7, 11) is 0. The molecule has 1 unspecified atom stereocenters. The van der Waals surface area contributed by atoms with Crippen molar-refractivity contribution in [2.75, 3.05) is 11.9 Å². The van der Waals surface area contributed by atoms with Gasteiger partial charge in [-0.3, -0.25) is 10.1 Å². The molecule has 162 valence electrons. The van der Waals surface area contributed by atoms with E-state index in [1.807, 2.05) is 26.0 Å². The van der Waals surface area contributed by atoms with Gasteiger partial charge in [-0.2, -0.15) is 0 Å². The zero-order valence-electron chi connectivity index (χ0n) is 18.4. The highest BCUT2D eigenvalue weighted by molar-refractivity contribution is 6.06. The van der Waals surface area contributed by atoms with Crippen molar-refractivity contribution in [2.45, 2.75) is 71.4 Å². The van der Waals surface area contributed by atoms with Crippen molar-refractivity contribution < 1.29 is 14.4 Å². The van der Waals surface area contributed by atoms with Gasteiger partial charge >= 0.3 is 0 Å². The lowest BCUT2D eigenvalue weighted by molar-refractivity contribution is -0.125. The lowest BCUT2D eigenvalue weighted by Crippen LogP contribution is -2.59. The number of hydrogen-bond donors (Lipinski definition) is 3. The van der Waals surface area contributed by atoms with E-state index in [2.05, 4.69) is 35.7 Å². The first kappa shape index (κ1) is 21.1. The summed E-state index contributed by atoms with van der Waals surface area (Å²) in [4.78, 5) is 13.6. The van der Waals surface area contributed by atoms with Crippen LogP contribution < -0.4 is 10.6 Å². The van der Waals surface area contributed by atoms with Crippen LogP contribution in [0.5, 0.6) is 0 Å². The Balaban J connectivity index is 1.87. The van der Waals surface area contributed by atoms with Gasteiger partial charge in [-0.25, -0.2) is 0 Å². The van der Waals surface area contributed by atoms with E-state index < -0.39 is 5.54 Å². The Kier molecular flexibility index (Phi) is 5.73. The van der Waals surface area contributed by atoms with Crippen LogP contribution in [0, 0.1) is 25.7 Å². The zero-order valence-corrected chi connectivity index (χ0v) is 18.4. The quantitative estimate of drug-likeness (QED) is 0.660. The molecule has 0 saturated heterocycles. The van der Waals surface area contributed by atoms with Crippen molar-refractivity contribution in [3.63, 3.8) is 0 Å². The van der Waals surface area contributed by atoms with Crippen LogP contribution in [0.25, 0.3) is 11.1 Å². The van der Waals surface area contributed by atoms with Gasteiger partial charge in [-0.1, -0.05) is 44.3 Å². The second kappa shape index (κ2) is 8.16. The number of nitrogens with zero attached hydrogens (tertiary/aromatic N) is 1. The van der Waals surface area contributed by atoms with Gasteiger partial charge in [0, 0.05) is 22.9 Å². The predicted molar refractivity (Wildman–Crippen MR) is 117 cm³/mol. The van der Waals surface area contributed by atoms with Crippen molar-refractivity contribution in [2.24, 2.45) is 11.8 Å². The van der Waals surface area contributed by atoms with Gasteiger partial charge in [0.1, 0.15) is 11.3 Å². The third kappa shape index (κ3) is 3.36. The van der Waals surface area contributed by atoms with Crippen LogP contribution in [0.3, 0.4) is 0 Å². The summed E-state index contributed by atoms with van der Waals surface area (Å²) in [6, 6.07) is 5.97. The van der Waals surface area contributed by atoms with Crippen LogP contribution in [0.15, 0.2) is 22.7 Å². The molecule has 6 heteroatoms. The molecule has 2 aromatic rings. The summed E-state index contributed by atoms with van der Waals surface area (Å²) in [6.07, 6.45) is 5.49. The third-order valence-electron chi connectivity index (χ3n) is 7.00. The maximum absolute atomic E-state index is 13.6. The van der Waals surface area contributed by atoms with Crippen molar-refractivity contribution in [3.05, 3.63) is 35.2 Å². The number of hydrogen-bond acceptors (Lipinski definition) is 5. The van der Waals surface area contributed by atoms with E-state index in [4.69, 9.17) is 4.52 Å². The fraction of sp³-hybridized carbons (Fsp3) is 0.583. The molecule has 1 amide bonds. The van der Waals surface area contributed by atoms with Crippen LogP contribution in [0.4, 0.5) is 5.69 Å². The fourth-order valence-corrected chi connectivity index (χ4v) is 5.29. The Morgan fingerprint density at radius 3 is 2.60 bits per heavy atom. The maximum Gasteiger partial charge on any atom is 0.249 e. The second-order valence-electron chi connectivity index (χ2n) is 9.23. The number of aromatic nitrogens is 1. The van der Waals surface area contributed by atoms with Crippen molar-refractivity contribution >= 4 is 11.6 Å². The van der Waals surface area contributed by atoms with E-state index in [1.54, 1.807) is 0 Å². The molecule has 2 aliphatic rings. The van der Waals surface area contributed by atoms with Gasteiger partial charge in [0.2, 0.25) is 5.91 Å². The Morgan fingerprint density at radius 2 is 2.00 bits per heavy atom. The van der Waals surface area contributed by atoms with E-state index >= 15 is 0 Å². The number of aliphatic hydroxyl groups excluding tert-OH is 1. The number of anilines is 1. The number of nitrogens with one attached hydrogen (secondary N) is 2. The number of aliphatic hydroxyl groups is 1. The van der Waals surface area contributed by atoms with E-state index in [0.717, 1.165) is 59.5 Å². The Labute approximate surface area is 178 Å². The number of rotatable bonds is 6. The average molecular weight is 412 g/mol. The normalized spacial score (nSPS) is 22.9. The van der Waals surface area contributed by atoms with Gasteiger partial charge in [-0.05, 0) is 56.2 Å². The third-order valence-corrected chi connectivity index (χ3v) is 7.00. The molecule has 6 nitrogen and oxygen atoms in total. The number of carbonyl (C=O) groups excluding carboxylic acids is 1. The molecular formula is C24H33N3O3. The minimum atomic E-state index is -0.831. The van der Waals surface area contributed by atoms with Gasteiger partial charge in [-0.15, -0.1) is 0 Å². The van der Waals surface area contributed by atoms with Crippen LogP contribution in [-0.4, -0.2) is 28.8 Å². The molecule has 0 bridgehead atoms. The highest BCUT2D eigenvalue weighted by Crippen LogP contribution is 2.48. The highest BCUT2D eigenvalue weighted by Gasteiger charge is 2.53. The lowest BCUT2D eigenvalue weighted by Gasteiger charge is -2.42. The minimum absolute atomic E-state index is 0.000544. The predicted octanol–water partition coefficient (Wildman–Crippen LogP) is 4.29. The number of aryl methyl sites for hydroxylation is 2. The van der Waals surface area contributed by atoms with E-state index in [9.17, 15) is 9.90 Å². The van der Waals surface area contributed by atoms with Gasteiger partial charge in [0.15, 0.2) is 0 Å². The smallest absolute Gasteiger partial charge is 0.249 e. The molecule has 4 rings (SSSR count). The summed E-state index contributed by atoms with van der Waals surface area (Å²) in [5, 5.41) is 21.0. The monoisotopic (exact) mass is 411 g/mol. The number of benzene rings is 1. The summed E-state index contributed by atoms with van der Waals surface area (Å²) in [5.41, 5.74) is 3.84. The average Bonchev–Trinajstić information content (AvgIpc) is 3.22. The summed E-state index contributed by atoms with van der Waals surface area (Å²) < 4.78 is 5.39. The van der Waals surface area contributed by atoms with E-state index in [1.165, 1.54) is 6.42 Å². The Hall–Kier alpha value is -2.18. The van der Waals surface area contributed by atoms with Crippen molar-refractivity contribution in [1.82, 2.24) is 10.5 Å². The maximum atomic E-state index is 13.6. The van der Waals surface area contributed by atoms with E-state index in [0.29, 0.717) is 0 Å². The SMILES string of the molecule is Cc1noc(C)c1-c1ccc2c(c1)C(N[C@H](CO)C(C)C)(C1CCCCC1)C(=O)N2. The molecule has 3 N–H and O–H groups in total. The molecule has 2 heterocycles. The molecular weight excluding hydrogens is 378 g/mol. The summed E-state index contributed by atoms with van der Waals surface area (Å²) in [6.45, 7) is 8.01. The van der Waals surface area contributed by atoms with E-state index in [-0.39, 0.29) is 30.4 Å². The summed E-state index contributed by atoms with van der Waals surface area (Å²) in [5.74, 6) is 1.18. The molecule has 2 atom stereocenters. The lowest BCUT2D eigenvalue weighted by atomic mass is 9.70. The molecule has 1 aliphatic heterocycles. The first-order chi connectivity index (χ1) is 14.4. The van der Waals surface area contributed by atoms with Crippen molar-refractivity contribution in [3.8, 4) is 11.1 Å². The molecule has 1 fully saturated rings. The Morgan fingerprint density at radius 1 is 1.27 bits per heavy atom. The van der Waals surface area contributed by atoms with Gasteiger partial charge in [0.05, 0.1) is 12.3 Å². The standard InChI is InChI=1S/C24H33N3O3/c1-14(2)21(13-28)26-24(18-8-6-5-7-9-18)19-12-17(10-11-20(19)25-23(24)29)22-15(3)27-30-16(22)4/h10-12,14,18,21,26,28H,5-9,13H2,1-4H3,(H,25,29)/t21-,24?/m1/s1. The fourth-order valence-electron chi connectivity index (χ4n) is 5.29.